The van der Waals surface area contributed by atoms with E-state index in [1.165, 1.54) is 0 Å². The van der Waals surface area contributed by atoms with Crippen molar-refractivity contribution < 1.29 is 19.6 Å². The summed E-state index contributed by atoms with van der Waals surface area (Å²) in [5.74, 6) is 1.34. The summed E-state index contributed by atoms with van der Waals surface area (Å²) in [5, 5.41) is 5.60. The third-order valence-corrected chi connectivity index (χ3v) is 4.34. The number of fused-ring (bicyclic) bond motifs is 1. The fourth-order valence-corrected chi connectivity index (χ4v) is 2.77. The van der Waals surface area contributed by atoms with Gasteiger partial charge in [-0.25, -0.2) is 0 Å². The summed E-state index contributed by atoms with van der Waals surface area (Å²) in [4.78, 5) is 12.2. The van der Waals surface area contributed by atoms with E-state index >= 15 is 0 Å². The molecule has 1 atom stereocenters. The second kappa shape index (κ2) is 8.23. The maximum absolute atomic E-state index is 12.2. The first kappa shape index (κ1) is 17.6. The van der Waals surface area contributed by atoms with Gasteiger partial charge in [-0.3, -0.25) is 4.79 Å². The average Bonchev–Trinajstić information content (AvgIpc) is 2.85. The van der Waals surface area contributed by atoms with E-state index < -0.39 is 0 Å². The lowest BCUT2D eigenvalue weighted by Crippen LogP contribution is -2.86. The number of nitrogens with one attached hydrogen (secondary N) is 1. The van der Waals surface area contributed by atoms with Crippen LogP contribution in [0.15, 0.2) is 42.5 Å². The molecule has 3 N–H and O–H groups in total. The molecule has 132 valence electrons. The zero-order valence-electron chi connectivity index (χ0n) is 14.1. The van der Waals surface area contributed by atoms with Gasteiger partial charge in [0.15, 0.2) is 18.0 Å². The summed E-state index contributed by atoms with van der Waals surface area (Å²) < 4.78 is 11.2. The Labute approximate surface area is 152 Å². The molecule has 2 aromatic carbocycles. The SMILES string of the molecule is C[C@H]([NH2+]CC(=O)Nc1ccc2c(c1)OCCCO2)c1ccc(Cl)cc1. The van der Waals surface area contributed by atoms with Crippen LogP contribution in [0.5, 0.6) is 11.5 Å². The van der Waals surface area contributed by atoms with Crippen molar-refractivity contribution in [1.82, 2.24) is 0 Å². The van der Waals surface area contributed by atoms with E-state index in [0.717, 1.165) is 17.7 Å². The number of nitrogens with two attached hydrogens (primary N) is 1. The number of hydrogen-bond acceptors (Lipinski definition) is 3. The Morgan fingerprint density at radius 1 is 1.16 bits per heavy atom. The highest BCUT2D eigenvalue weighted by Gasteiger charge is 2.14. The number of benzene rings is 2. The van der Waals surface area contributed by atoms with Crippen LogP contribution in [0.2, 0.25) is 5.02 Å². The van der Waals surface area contributed by atoms with Crippen LogP contribution in [0.4, 0.5) is 5.69 Å². The molecular weight excluding hydrogens is 340 g/mol. The first-order valence-corrected chi connectivity index (χ1v) is 8.78. The van der Waals surface area contributed by atoms with Crippen molar-refractivity contribution in [2.75, 3.05) is 25.1 Å². The van der Waals surface area contributed by atoms with Crippen molar-refractivity contribution in [2.45, 2.75) is 19.4 Å². The molecule has 6 heteroatoms. The van der Waals surface area contributed by atoms with Crippen LogP contribution in [-0.4, -0.2) is 25.7 Å². The molecule has 1 amide bonds. The second-order valence-electron chi connectivity index (χ2n) is 6.04. The van der Waals surface area contributed by atoms with Gasteiger partial charge in [0, 0.05) is 28.8 Å². The summed E-state index contributed by atoms with van der Waals surface area (Å²) in [6.45, 7) is 3.66. The lowest BCUT2D eigenvalue weighted by Gasteiger charge is -2.12. The van der Waals surface area contributed by atoms with Gasteiger partial charge in [-0.05, 0) is 31.2 Å². The molecular formula is C19H22ClN2O3+. The Morgan fingerprint density at radius 2 is 1.88 bits per heavy atom. The third-order valence-electron chi connectivity index (χ3n) is 4.08. The highest BCUT2D eigenvalue weighted by molar-refractivity contribution is 6.30. The number of rotatable bonds is 5. The van der Waals surface area contributed by atoms with E-state index in [1.807, 2.05) is 41.7 Å². The summed E-state index contributed by atoms with van der Waals surface area (Å²) in [5.41, 5.74) is 1.84. The molecule has 1 aliphatic heterocycles. The summed E-state index contributed by atoms with van der Waals surface area (Å²) >= 11 is 5.90. The molecule has 0 spiro atoms. The van der Waals surface area contributed by atoms with E-state index in [0.29, 0.717) is 36.2 Å². The second-order valence-corrected chi connectivity index (χ2v) is 6.48. The minimum Gasteiger partial charge on any atom is -0.490 e. The maximum Gasteiger partial charge on any atom is 0.279 e. The third kappa shape index (κ3) is 4.87. The van der Waals surface area contributed by atoms with Gasteiger partial charge in [-0.1, -0.05) is 23.7 Å². The predicted molar refractivity (Wildman–Crippen MR) is 97.3 cm³/mol. The number of quaternary nitrogens is 1. The Hall–Kier alpha value is -2.24. The molecule has 1 aliphatic rings. The van der Waals surface area contributed by atoms with Crippen LogP contribution in [0.1, 0.15) is 24.9 Å². The molecule has 0 aliphatic carbocycles. The van der Waals surface area contributed by atoms with Crippen molar-refractivity contribution in [1.29, 1.82) is 0 Å². The molecule has 0 unspecified atom stereocenters. The van der Waals surface area contributed by atoms with Crippen LogP contribution < -0.4 is 20.1 Å². The zero-order valence-corrected chi connectivity index (χ0v) is 14.9. The topological polar surface area (TPSA) is 64.2 Å². The van der Waals surface area contributed by atoms with Crippen LogP contribution >= 0.6 is 11.6 Å². The largest absolute Gasteiger partial charge is 0.490 e. The highest BCUT2D eigenvalue weighted by atomic mass is 35.5. The molecule has 3 rings (SSSR count). The van der Waals surface area contributed by atoms with E-state index in [2.05, 4.69) is 12.2 Å². The number of halogens is 1. The standard InChI is InChI=1S/C19H21ClN2O3/c1-13(14-3-5-15(20)6-4-14)21-12-19(23)22-16-7-8-17-18(11-16)25-10-2-9-24-17/h3-8,11,13,21H,2,9-10,12H2,1H3,(H,22,23)/p+1/t13-/m0/s1. The number of amides is 1. The van der Waals surface area contributed by atoms with E-state index in [-0.39, 0.29) is 11.9 Å². The summed E-state index contributed by atoms with van der Waals surface area (Å²) in [7, 11) is 0. The van der Waals surface area contributed by atoms with Crippen LogP contribution in [0.25, 0.3) is 0 Å². The van der Waals surface area contributed by atoms with Gasteiger partial charge in [0.25, 0.3) is 5.91 Å². The van der Waals surface area contributed by atoms with Gasteiger partial charge in [0.1, 0.15) is 6.04 Å². The van der Waals surface area contributed by atoms with Crippen molar-refractivity contribution >= 4 is 23.2 Å². The smallest absolute Gasteiger partial charge is 0.279 e. The van der Waals surface area contributed by atoms with Gasteiger partial charge < -0.3 is 20.1 Å². The summed E-state index contributed by atoms with van der Waals surface area (Å²) in [6.07, 6.45) is 0.855. The van der Waals surface area contributed by atoms with Crippen molar-refractivity contribution in [3.8, 4) is 11.5 Å². The van der Waals surface area contributed by atoms with Gasteiger partial charge >= 0.3 is 0 Å². The van der Waals surface area contributed by atoms with Gasteiger partial charge in [-0.15, -0.1) is 0 Å². The van der Waals surface area contributed by atoms with Crippen LogP contribution in [-0.2, 0) is 4.79 Å². The first-order chi connectivity index (χ1) is 12.1. The normalized spacial score (nSPS) is 14.5. The number of ether oxygens (including phenoxy) is 2. The molecule has 5 nitrogen and oxygen atoms in total. The molecule has 0 saturated carbocycles. The van der Waals surface area contributed by atoms with Crippen LogP contribution in [0.3, 0.4) is 0 Å². The van der Waals surface area contributed by atoms with Gasteiger partial charge in [0.2, 0.25) is 0 Å². The van der Waals surface area contributed by atoms with E-state index in [9.17, 15) is 4.79 Å². The Bertz CT molecular complexity index is 734. The average molecular weight is 362 g/mol. The predicted octanol–water partition coefficient (Wildman–Crippen LogP) is 2.76. The molecule has 1 heterocycles. The molecule has 0 bridgehead atoms. The number of hydrogen-bond donors (Lipinski definition) is 2. The monoisotopic (exact) mass is 361 g/mol. The van der Waals surface area contributed by atoms with Crippen molar-refractivity contribution in [3.63, 3.8) is 0 Å². The minimum atomic E-state index is -0.0599. The Balaban J connectivity index is 1.54. The fourth-order valence-electron chi connectivity index (χ4n) is 2.64. The lowest BCUT2D eigenvalue weighted by molar-refractivity contribution is -0.682. The Kier molecular flexibility index (Phi) is 5.79. The van der Waals surface area contributed by atoms with Crippen molar-refractivity contribution in [2.24, 2.45) is 0 Å². The number of anilines is 1. The molecule has 2 aromatic rings. The number of carbonyl (C=O) groups is 1. The fraction of sp³-hybridized carbons (Fsp3) is 0.316. The molecule has 0 radical (unpaired) electrons. The summed E-state index contributed by atoms with van der Waals surface area (Å²) in [6, 6.07) is 13.3. The maximum atomic E-state index is 12.2. The molecule has 0 aromatic heterocycles. The zero-order chi connectivity index (χ0) is 17.6. The van der Waals surface area contributed by atoms with E-state index in [4.69, 9.17) is 21.1 Å². The quantitative estimate of drug-likeness (QED) is 0.860. The van der Waals surface area contributed by atoms with E-state index in [1.54, 1.807) is 6.07 Å². The van der Waals surface area contributed by atoms with Gasteiger partial charge in [-0.2, -0.15) is 0 Å². The van der Waals surface area contributed by atoms with Crippen molar-refractivity contribution in [3.05, 3.63) is 53.1 Å². The molecule has 0 fully saturated rings. The van der Waals surface area contributed by atoms with Crippen LogP contribution in [0, 0.1) is 0 Å². The van der Waals surface area contributed by atoms with Gasteiger partial charge in [0.05, 0.1) is 13.2 Å². The minimum absolute atomic E-state index is 0.0599. The molecule has 25 heavy (non-hydrogen) atoms. The number of carbonyl (C=O) groups excluding carboxylic acids is 1. The first-order valence-electron chi connectivity index (χ1n) is 8.40. The Morgan fingerprint density at radius 3 is 2.64 bits per heavy atom. The lowest BCUT2D eigenvalue weighted by atomic mass is 10.1. The molecule has 0 saturated heterocycles. The highest BCUT2D eigenvalue weighted by Crippen LogP contribution is 2.32.